The lowest BCUT2D eigenvalue weighted by molar-refractivity contribution is 0.583. The minimum atomic E-state index is 0.715. The van der Waals surface area contributed by atoms with Gasteiger partial charge in [0, 0.05) is 32.6 Å². The Hall–Kier alpha value is -1.32. The summed E-state index contributed by atoms with van der Waals surface area (Å²) in [5, 5.41) is 3.29. The Morgan fingerprint density at radius 1 is 1.26 bits per heavy atom. The summed E-state index contributed by atoms with van der Waals surface area (Å²) in [4.78, 5) is 11.4. The molecule has 0 aromatic carbocycles. The Balaban J connectivity index is 2.84. The molecule has 0 atom stereocenters. The summed E-state index contributed by atoms with van der Waals surface area (Å²) in [6.07, 6.45) is 3.19. The van der Waals surface area contributed by atoms with E-state index in [-0.39, 0.29) is 0 Å². The van der Waals surface area contributed by atoms with Gasteiger partial charge in [-0.25, -0.2) is 9.97 Å². The van der Waals surface area contributed by atoms with Crippen LogP contribution in [-0.2, 0) is 6.42 Å². The van der Waals surface area contributed by atoms with Crippen molar-refractivity contribution in [2.24, 2.45) is 5.92 Å². The first-order chi connectivity index (χ1) is 9.06. The number of hydrogen-bond donors (Lipinski definition) is 1. The maximum Gasteiger partial charge on any atom is 0.134 e. The van der Waals surface area contributed by atoms with Crippen LogP contribution in [0.15, 0.2) is 6.07 Å². The Kier molecular flexibility index (Phi) is 6.60. The average Bonchev–Trinajstić information content (AvgIpc) is 2.36. The van der Waals surface area contributed by atoms with E-state index in [9.17, 15) is 0 Å². The fourth-order valence-electron chi connectivity index (χ4n) is 1.85. The van der Waals surface area contributed by atoms with Crippen molar-refractivity contribution in [1.29, 1.82) is 0 Å². The number of rotatable bonds is 8. The second kappa shape index (κ2) is 7.97. The van der Waals surface area contributed by atoms with E-state index in [1.165, 1.54) is 6.42 Å². The fourth-order valence-corrected chi connectivity index (χ4v) is 1.85. The van der Waals surface area contributed by atoms with Crippen molar-refractivity contribution < 1.29 is 0 Å². The van der Waals surface area contributed by atoms with Gasteiger partial charge in [-0.2, -0.15) is 0 Å². The van der Waals surface area contributed by atoms with Crippen molar-refractivity contribution in [1.82, 2.24) is 9.97 Å². The molecule has 0 spiro atoms. The van der Waals surface area contributed by atoms with Crippen LogP contribution < -0.4 is 10.2 Å². The molecule has 19 heavy (non-hydrogen) atoms. The van der Waals surface area contributed by atoms with E-state index in [4.69, 9.17) is 0 Å². The quantitative estimate of drug-likeness (QED) is 0.782. The number of aromatic nitrogens is 2. The molecule has 0 aliphatic carbocycles. The molecule has 0 bridgehead atoms. The van der Waals surface area contributed by atoms with Crippen molar-refractivity contribution in [3.8, 4) is 0 Å². The van der Waals surface area contributed by atoms with Crippen LogP contribution in [-0.4, -0.2) is 30.1 Å². The lowest BCUT2D eigenvalue weighted by Crippen LogP contribution is -2.22. The highest BCUT2D eigenvalue weighted by Crippen LogP contribution is 2.16. The zero-order chi connectivity index (χ0) is 14.3. The van der Waals surface area contributed by atoms with Gasteiger partial charge >= 0.3 is 0 Å². The van der Waals surface area contributed by atoms with Crippen LogP contribution in [0.1, 0.15) is 46.4 Å². The van der Waals surface area contributed by atoms with Crippen molar-refractivity contribution in [2.75, 3.05) is 30.4 Å². The van der Waals surface area contributed by atoms with Crippen molar-refractivity contribution in [3.63, 3.8) is 0 Å². The molecule has 0 fully saturated rings. The topological polar surface area (TPSA) is 41.1 Å². The van der Waals surface area contributed by atoms with Gasteiger partial charge in [-0.05, 0) is 25.7 Å². The van der Waals surface area contributed by atoms with Crippen LogP contribution in [0.4, 0.5) is 11.6 Å². The highest BCUT2D eigenvalue weighted by molar-refractivity contribution is 5.49. The largest absolute Gasteiger partial charge is 0.370 e. The number of hydrogen-bond acceptors (Lipinski definition) is 4. The van der Waals surface area contributed by atoms with Crippen LogP contribution in [0.3, 0.4) is 0 Å². The molecule has 1 heterocycles. The fraction of sp³-hybridized carbons (Fsp3) is 0.733. The second-order valence-corrected chi connectivity index (χ2v) is 5.41. The molecule has 0 radical (unpaired) electrons. The van der Waals surface area contributed by atoms with Crippen LogP contribution in [0.25, 0.3) is 0 Å². The molecular weight excluding hydrogens is 236 g/mol. The van der Waals surface area contributed by atoms with Gasteiger partial charge in [-0.15, -0.1) is 0 Å². The van der Waals surface area contributed by atoms with Gasteiger partial charge in [0.1, 0.15) is 17.5 Å². The Labute approximate surface area is 117 Å². The molecule has 0 amide bonds. The zero-order valence-electron chi connectivity index (χ0n) is 13.0. The Morgan fingerprint density at radius 2 is 2.00 bits per heavy atom. The van der Waals surface area contributed by atoms with Crippen LogP contribution >= 0.6 is 0 Å². The molecule has 0 unspecified atom stereocenters. The van der Waals surface area contributed by atoms with E-state index in [2.05, 4.69) is 54.9 Å². The molecule has 0 aliphatic rings. The van der Waals surface area contributed by atoms with Gasteiger partial charge in [-0.3, -0.25) is 0 Å². The summed E-state index contributed by atoms with van der Waals surface area (Å²) in [6, 6.07) is 2.04. The minimum Gasteiger partial charge on any atom is -0.370 e. The minimum absolute atomic E-state index is 0.715. The average molecular weight is 264 g/mol. The summed E-state index contributed by atoms with van der Waals surface area (Å²) in [6.45, 7) is 10.7. The third-order valence-electron chi connectivity index (χ3n) is 3.02. The molecule has 4 nitrogen and oxygen atoms in total. The third-order valence-corrected chi connectivity index (χ3v) is 3.02. The second-order valence-electron chi connectivity index (χ2n) is 5.41. The SMILES string of the molecule is CCCc1nc(NCC)cc(N(C)CCC(C)C)n1. The lowest BCUT2D eigenvalue weighted by Gasteiger charge is -2.20. The molecule has 0 aliphatic heterocycles. The third kappa shape index (κ3) is 5.45. The smallest absolute Gasteiger partial charge is 0.134 e. The summed E-state index contributed by atoms with van der Waals surface area (Å²) in [5.41, 5.74) is 0. The molecule has 1 aromatic heterocycles. The van der Waals surface area contributed by atoms with E-state index < -0.39 is 0 Å². The molecule has 1 aromatic rings. The maximum atomic E-state index is 4.66. The van der Waals surface area contributed by atoms with Crippen LogP contribution in [0, 0.1) is 5.92 Å². The van der Waals surface area contributed by atoms with Gasteiger partial charge in [0.25, 0.3) is 0 Å². The first kappa shape index (κ1) is 15.7. The highest BCUT2D eigenvalue weighted by Gasteiger charge is 2.08. The summed E-state index contributed by atoms with van der Waals surface area (Å²) in [7, 11) is 2.11. The van der Waals surface area contributed by atoms with Crippen molar-refractivity contribution >= 4 is 11.6 Å². The van der Waals surface area contributed by atoms with Gasteiger partial charge in [0.05, 0.1) is 0 Å². The maximum absolute atomic E-state index is 4.66. The van der Waals surface area contributed by atoms with Gasteiger partial charge < -0.3 is 10.2 Å². The summed E-state index contributed by atoms with van der Waals surface area (Å²) < 4.78 is 0. The predicted molar refractivity (Wildman–Crippen MR) is 82.9 cm³/mol. The van der Waals surface area contributed by atoms with Crippen LogP contribution in [0.2, 0.25) is 0 Å². The van der Waals surface area contributed by atoms with E-state index in [0.717, 1.165) is 43.4 Å². The van der Waals surface area contributed by atoms with Gasteiger partial charge in [0.2, 0.25) is 0 Å². The Bertz CT molecular complexity index is 352. The van der Waals surface area contributed by atoms with Gasteiger partial charge in [-0.1, -0.05) is 20.8 Å². The standard InChI is InChI=1S/C15H28N4/c1-6-8-13-17-14(16-7-2)11-15(18-13)19(5)10-9-12(3)4/h11-12H,6-10H2,1-5H3,(H,16,17,18). The molecule has 0 saturated carbocycles. The molecule has 108 valence electrons. The number of nitrogens with one attached hydrogen (secondary N) is 1. The number of anilines is 2. The predicted octanol–water partition coefficient (Wildman–Crippen LogP) is 3.34. The Morgan fingerprint density at radius 3 is 2.58 bits per heavy atom. The summed E-state index contributed by atoms with van der Waals surface area (Å²) in [5.74, 6) is 3.61. The van der Waals surface area contributed by atoms with E-state index in [0.29, 0.717) is 5.92 Å². The zero-order valence-corrected chi connectivity index (χ0v) is 13.0. The number of nitrogens with zero attached hydrogens (tertiary/aromatic N) is 3. The molecular formula is C15H28N4. The summed E-state index contributed by atoms with van der Waals surface area (Å²) >= 11 is 0. The monoisotopic (exact) mass is 264 g/mol. The first-order valence-electron chi connectivity index (χ1n) is 7.39. The normalized spacial score (nSPS) is 10.8. The van der Waals surface area contributed by atoms with E-state index >= 15 is 0 Å². The van der Waals surface area contributed by atoms with Gasteiger partial charge in [0.15, 0.2) is 0 Å². The molecule has 0 saturated heterocycles. The van der Waals surface area contributed by atoms with E-state index in [1.54, 1.807) is 0 Å². The van der Waals surface area contributed by atoms with E-state index in [1.807, 2.05) is 6.07 Å². The van der Waals surface area contributed by atoms with Crippen LogP contribution in [0.5, 0.6) is 0 Å². The molecule has 1 N–H and O–H groups in total. The lowest BCUT2D eigenvalue weighted by atomic mass is 10.1. The highest BCUT2D eigenvalue weighted by atomic mass is 15.2. The molecule has 1 rings (SSSR count). The molecule has 4 heteroatoms. The van der Waals surface area contributed by atoms with Crippen molar-refractivity contribution in [2.45, 2.75) is 47.0 Å². The number of aryl methyl sites for hydroxylation is 1. The van der Waals surface area contributed by atoms with Crippen molar-refractivity contribution in [3.05, 3.63) is 11.9 Å². The first-order valence-corrected chi connectivity index (χ1v) is 7.39.